The average molecular weight is 163 g/mol. The summed E-state index contributed by atoms with van der Waals surface area (Å²) < 4.78 is 10.1. The SMILES string of the molecule is Cc1ccc(Cc2ccon2)o1. The molecule has 0 aliphatic carbocycles. The van der Waals surface area contributed by atoms with E-state index < -0.39 is 0 Å². The number of aromatic nitrogens is 1. The van der Waals surface area contributed by atoms with Crippen molar-refractivity contribution < 1.29 is 8.94 Å². The molecule has 3 nitrogen and oxygen atoms in total. The Labute approximate surface area is 70.0 Å². The van der Waals surface area contributed by atoms with E-state index in [0.717, 1.165) is 17.2 Å². The molecule has 2 heterocycles. The van der Waals surface area contributed by atoms with Crippen LogP contribution in [0.3, 0.4) is 0 Å². The fourth-order valence-electron chi connectivity index (χ4n) is 1.09. The zero-order valence-corrected chi connectivity index (χ0v) is 6.78. The molecule has 0 aliphatic rings. The molecular formula is C9H9NO2. The first-order chi connectivity index (χ1) is 5.84. The highest BCUT2D eigenvalue weighted by Gasteiger charge is 2.02. The maximum Gasteiger partial charge on any atom is 0.124 e. The highest BCUT2D eigenvalue weighted by atomic mass is 16.5. The molecule has 2 aromatic heterocycles. The van der Waals surface area contributed by atoms with E-state index in [4.69, 9.17) is 8.94 Å². The third kappa shape index (κ3) is 1.39. The molecular weight excluding hydrogens is 154 g/mol. The Kier molecular flexibility index (Phi) is 1.70. The van der Waals surface area contributed by atoms with E-state index in [-0.39, 0.29) is 0 Å². The smallest absolute Gasteiger partial charge is 0.124 e. The lowest BCUT2D eigenvalue weighted by atomic mass is 10.2. The summed E-state index contributed by atoms with van der Waals surface area (Å²) in [6.07, 6.45) is 2.26. The van der Waals surface area contributed by atoms with Crippen molar-refractivity contribution in [2.75, 3.05) is 0 Å². The van der Waals surface area contributed by atoms with Crippen molar-refractivity contribution >= 4 is 0 Å². The lowest BCUT2D eigenvalue weighted by Crippen LogP contribution is -1.83. The molecule has 2 aromatic rings. The normalized spacial score (nSPS) is 10.4. The third-order valence-electron chi connectivity index (χ3n) is 1.64. The van der Waals surface area contributed by atoms with Crippen LogP contribution >= 0.6 is 0 Å². The molecule has 0 unspecified atom stereocenters. The Hall–Kier alpha value is -1.51. The molecule has 0 atom stereocenters. The van der Waals surface area contributed by atoms with Crippen molar-refractivity contribution in [1.82, 2.24) is 5.16 Å². The molecule has 3 heteroatoms. The summed E-state index contributed by atoms with van der Waals surface area (Å²) in [7, 11) is 0. The number of furan rings is 1. The minimum Gasteiger partial charge on any atom is -0.466 e. The number of hydrogen-bond acceptors (Lipinski definition) is 3. The predicted molar refractivity (Wildman–Crippen MR) is 42.8 cm³/mol. The lowest BCUT2D eigenvalue weighted by molar-refractivity contribution is 0.409. The van der Waals surface area contributed by atoms with Gasteiger partial charge in [-0.2, -0.15) is 0 Å². The Balaban J connectivity index is 2.14. The summed E-state index contributed by atoms with van der Waals surface area (Å²) in [4.78, 5) is 0. The van der Waals surface area contributed by atoms with Crippen LogP contribution in [-0.2, 0) is 6.42 Å². The predicted octanol–water partition coefficient (Wildman–Crippen LogP) is 2.17. The number of hydrogen-bond donors (Lipinski definition) is 0. The quantitative estimate of drug-likeness (QED) is 0.681. The Morgan fingerprint density at radius 1 is 1.33 bits per heavy atom. The maximum absolute atomic E-state index is 5.38. The van der Waals surface area contributed by atoms with E-state index in [1.807, 2.05) is 25.1 Å². The largest absolute Gasteiger partial charge is 0.466 e. The molecule has 0 saturated heterocycles. The first-order valence-corrected chi connectivity index (χ1v) is 3.79. The van der Waals surface area contributed by atoms with E-state index in [2.05, 4.69) is 5.16 Å². The van der Waals surface area contributed by atoms with Gasteiger partial charge in [-0.15, -0.1) is 0 Å². The second-order valence-electron chi connectivity index (χ2n) is 2.68. The van der Waals surface area contributed by atoms with E-state index in [1.54, 1.807) is 6.26 Å². The molecule has 0 amide bonds. The fourth-order valence-corrected chi connectivity index (χ4v) is 1.09. The number of aryl methyl sites for hydroxylation is 1. The topological polar surface area (TPSA) is 39.2 Å². The second-order valence-corrected chi connectivity index (χ2v) is 2.68. The van der Waals surface area contributed by atoms with Crippen LogP contribution in [0.4, 0.5) is 0 Å². The molecule has 62 valence electrons. The number of rotatable bonds is 2. The molecule has 0 bridgehead atoms. The molecule has 0 N–H and O–H groups in total. The van der Waals surface area contributed by atoms with Gasteiger partial charge in [0.25, 0.3) is 0 Å². The average Bonchev–Trinajstić information content (AvgIpc) is 2.63. The first kappa shape index (κ1) is 7.16. The van der Waals surface area contributed by atoms with Crippen molar-refractivity contribution in [3.63, 3.8) is 0 Å². The fraction of sp³-hybridized carbons (Fsp3) is 0.222. The number of nitrogens with zero attached hydrogens (tertiary/aromatic N) is 1. The van der Waals surface area contributed by atoms with Crippen molar-refractivity contribution in [3.05, 3.63) is 41.7 Å². The summed E-state index contributed by atoms with van der Waals surface area (Å²) in [5, 5.41) is 3.79. The van der Waals surface area contributed by atoms with Crippen LogP contribution < -0.4 is 0 Å². The van der Waals surface area contributed by atoms with Crippen molar-refractivity contribution in [1.29, 1.82) is 0 Å². The summed E-state index contributed by atoms with van der Waals surface area (Å²) in [6.45, 7) is 1.92. The molecule has 0 fully saturated rings. The van der Waals surface area contributed by atoms with Crippen molar-refractivity contribution in [2.24, 2.45) is 0 Å². The third-order valence-corrected chi connectivity index (χ3v) is 1.64. The molecule has 0 saturated carbocycles. The Morgan fingerprint density at radius 2 is 2.25 bits per heavy atom. The van der Waals surface area contributed by atoms with Crippen LogP contribution in [0.25, 0.3) is 0 Å². The van der Waals surface area contributed by atoms with Gasteiger partial charge in [0.2, 0.25) is 0 Å². The molecule has 0 aliphatic heterocycles. The molecule has 2 rings (SSSR count). The molecule has 12 heavy (non-hydrogen) atoms. The minimum atomic E-state index is 0.699. The minimum absolute atomic E-state index is 0.699. The van der Waals surface area contributed by atoms with Gasteiger partial charge in [-0.05, 0) is 19.1 Å². The van der Waals surface area contributed by atoms with Crippen LogP contribution in [-0.4, -0.2) is 5.16 Å². The highest BCUT2D eigenvalue weighted by Crippen LogP contribution is 2.10. The Bertz CT molecular complexity index is 348. The monoisotopic (exact) mass is 163 g/mol. The van der Waals surface area contributed by atoms with Gasteiger partial charge in [0.1, 0.15) is 17.8 Å². The molecule has 0 aromatic carbocycles. The van der Waals surface area contributed by atoms with Gasteiger partial charge >= 0.3 is 0 Å². The van der Waals surface area contributed by atoms with Gasteiger partial charge in [-0.1, -0.05) is 5.16 Å². The van der Waals surface area contributed by atoms with Crippen LogP contribution in [0.15, 0.2) is 33.4 Å². The second kappa shape index (κ2) is 2.85. The van der Waals surface area contributed by atoms with Gasteiger partial charge in [0.15, 0.2) is 0 Å². The summed E-state index contributed by atoms with van der Waals surface area (Å²) >= 11 is 0. The van der Waals surface area contributed by atoms with Gasteiger partial charge < -0.3 is 8.94 Å². The summed E-state index contributed by atoms with van der Waals surface area (Å²) in [5.74, 6) is 1.84. The van der Waals surface area contributed by atoms with Crippen LogP contribution in [0.5, 0.6) is 0 Å². The lowest BCUT2D eigenvalue weighted by Gasteiger charge is -1.89. The summed E-state index contributed by atoms with van der Waals surface area (Å²) in [6, 6.07) is 5.72. The van der Waals surface area contributed by atoms with Gasteiger partial charge in [0.05, 0.1) is 12.1 Å². The van der Waals surface area contributed by atoms with E-state index >= 15 is 0 Å². The zero-order valence-electron chi connectivity index (χ0n) is 6.78. The standard InChI is InChI=1S/C9H9NO2/c1-7-2-3-9(12-7)6-8-4-5-11-10-8/h2-5H,6H2,1H3. The van der Waals surface area contributed by atoms with E-state index in [9.17, 15) is 0 Å². The van der Waals surface area contributed by atoms with Crippen LogP contribution in [0.1, 0.15) is 17.2 Å². The first-order valence-electron chi connectivity index (χ1n) is 3.79. The van der Waals surface area contributed by atoms with E-state index in [0.29, 0.717) is 6.42 Å². The van der Waals surface area contributed by atoms with E-state index in [1.165, 1.54) is 0 Å². The van der Waals surface area contributed by atoms with Crippen LogP contribution in [0, 0.1) is 6.92 Å². The summed E-state index contributed by atoms with van der Waals surface area (Å²) in [5.41, 5.74) is 0.893. The van der Waals surface area contributed by atoms with Gasteiger partial charge in [-0.25, -0.2) is 0 Å². The zero-order chi connectivity index (χ0) is 8.39. The van der Waals surface area contributed by atoms with Crippen molar-refractivity contribution in [3.8, 4) is 0 Å². The molecule has 0 radical (unpaired) electrons. The van der Waals surface area contributed by atoms with Gasteiger partial charge in [-0.3, -0.25) is 0 Å². The highest BCUT2D eigenvalue weighted by molar-refractivity contribution is 5.12. The van der Waals surface area contributed by atoms with Crippen LogP contribution in [0.2, 0.25) is 0 Å². The van der Waals surface area contributed by atoms with Gasteiger partial charge in [0, 0.05) is 6.07 Å². The molecule has 0 spiro atoms. The Morgan fingerprint density at radius 3 is 2.83 bits per heavy atom. The maximum atomic E-state index is 5.38. The van der Waals surface area contributed by atoms with Crippen molar-refractivity contribution in [2.45, 2.75) is 13.3 Å².